The van der Waals surface area contributed by atoms with Gasteiger partial charge in [-0.3, -0.25) is 9.59 Å². The number of rotatable bonds is 6. The molecule has 0 aliphatic heterocycles. The zero-order chi connectivity index (χ0) is 18.5. The van der Waals surface area contributed by atoms with E-state index >= 15 is 0 Å². The number of carbonyl (C=O) groups is 2. The Kier molecular flexibility index (Phi) is 6.53. The molecule has 1 heterocycles. The molecule has 1 aromatic heterocycles. The van der Waals surface area contributed by atoms with Crippen LogP contribution in [0, 0.1) is 6.92 Å². The monoisotopic (exact) mass is 391 g/mol. The van der Waals surface area contributed by atoms with Gasteiger partial charge in [-0.15, -0.1) is 23.1 Å². The van der Waals surface area contributed by atoms with Crippen molar-refractivity contribution in [1.82, 2.24) is 9.88 Å². The summed E-state index contributed by atoms with van der Waals surface area (Å²) in [7, 11) is 1.89. The average Bonchev–Trinajstić information content (AvgIpc) is 3.01. The third-order valence-corrected chi connectivity index (χ3v) is 6.60. The lowest BCUT2D eigenvalue weighted by Crippen LogP contribution is -2.39. The second-order valence-electron chi connectivity index (χ2n) is 6.75. The molecule has 2 amide bonds. The van der Waals surface area contributed by atoms with Crippen molar-refractivity contribution < 1.29 is 9.59 Å². The number of thiazole rings is 1. The maximum absolute atomic E-state index is 12.3. The van der Waals surface area contributed by atoms with Crippen LogP contribution in [0.15, 0.2) is 18.2 Å². The van der Waals surface area contributed by atoms with Crippen molar-refractivity contribution in [3.8, 4) is 0 Å². The van der Waals surface area contributed by atoms with Gasteiger partial charge in [-0.25, -0.2) is 4.98 Å². The molecule has 0 saturated heterocycles. The highest BCUT2D eigenvalue weighted by molar-refractivity contribution is 8.00. The van der Waals surface area contributed by atoms with E-state index in [1.165, 1.54) is 31.0 Å². The third kappa shape index (κ3) is 4.98. The van der Waals surface area contributed by atoms with Gasteiger partial charge in [0.25, 0.3) is 0 Å². The van der Waals surface area contributed by atoms with Gasteiger partial charge in [0.05, 0.1) is 26.7 Å². The first-order chi connectivity index (χ1) is 12.5. The second-order valence-corrected chi connectivity index (χ2v) is 8.97. The Morgan fingerprint density at radius 1 is 1.27 bits per heavy atom. The van der Waals surface area contributed by atoms with Gasteiger partial charge < -0.3 is 10.2 Å². The van der Waals surface area contributed by atoms with Crippen molar-refractivity contribution in [1.29, 1.82) is 0 Å². The van der Waals surface area contributed by atoms with Gasteiger partial charge in [-0.05, 0) is 38.0 Å². The molecule has 0 bridgehead atoms. The first-order valence-electron chi connectivity index (χ1n) is 9.03. The molecule has 0 atom stereocenters. The van der Waals surface area contributed by atoms with E-state index in [0.29, 0.717) is 11.8 Å². The van der Waals surface area contributed by atoms with E-state index in [9.17, 15) is 9.59 Å². The summed E-state index contributed by atoms with van der Waals surface area (Å²) in [6, 6.07) is 6.11. The summed E-state index contributed by atoms with van der Waals surface area (Å²) in [4.78, 5) is 30.7. The lowest BCUT2D eigenvalue weighted by molar-refractivity contribution is -0.129. The van der Waals surface area contributed by atoms with Crippen molar-refractivity contribution in [2.75, 3.05) is 23.9 Å². The van der Waals surface area contributed by atoms with Crippen molar-refractivity contribution in [3.63, 3.8) is 0 Å². The fraction of sp³-hybridized carbons (Fsp3) is 0.526. The van der Waals surface area contributed by atoms with Gasteiger partial charge in [0.2, 0.25) is 11.8 Å². The Balaban J connectivity index is 1.43. The molecular weight excluding hydrogens is 366 g/mol. The number of nitrogens with zero attached hydrogens (tertiary/aromatic N) is 2. The molecular formula is C19H25N3O2S2. The summed E-state index contributed by atoms with van der Waals surface area (Å²) in [5.74, 6) is 0.678. The van der Waals surface area contributed by atoms with E-state index in [1.54, 1.807) is 11.3 Å². The van der Waals surface area contributed by atoms with Crippen LogP contribution in [0.3, 0.4) is 0 Å². The number of hydrogen-bond donors (Lipinski definition) is 1. The normalized spacial score (nSPS) is 15.2. The maximum Gasteiger partial charge on any atom is 0.234 e. The average molecular weight is 392 g/mol. The second kappa shape index (κ2) is 8.86. The summed E-state index contributed by atoms with van der Waals surface area (Å²) in [6.07, 6.45) is 5.91. The molecule has 0 radical (unpaired) electrons. The van der Waals surface area contributed by atoms with E-state index in [1.807, 2.05) is 37.1 Å². The SMILES string of the molecule is Cc1nc2ccc(NC(=O)CSCC(=O)N(C)C3CCCCC3)cc2s1. The highest BCUT2D eigenvalue weighted by Gasteiger charge is 2.21. The van der Waals surface area contributed by atoms with Crippen LogP contribution in [0.1, 0.15) is 37.1 Å². The third-order valence-electron chi connectivity index (χ3n) is 4.75. The topological polar surface area (TPSA) is 62.3 Å². The van der Waals surface area contributed by atoms with Gasteiger partial charge in [-0.1, -0.05) is 19.3 Å². The van der Waals surface area contributed by atoms with E-state index < -0.39 is 0 Å². The molecule has 2 aromatic rings. The fourth-order valence-corrected chi connectivity index (χ4v) is 4.92. The minimum atomic E-state index is -0.0799. The van der Waals surface area contributed by atoms with Gasteiger partial charge in [-0.2, -0.15) is 0 Å². The van der Waals surface area contributed by atoms with E-state index in [0.717, 1.165) is 33.8 Å². The molecule has 0 spiro atoms. The summed E-state index contributed by atoms with van der Waals surface area (Å²) >= 11 is 2.99. The molecule has 0 unspecified atom stereocenters. The lowest BCUT2D eigenvalue weighted by Gasteiger charge is -2.31. The zero-order valence-corrected chi connectivity index (χ0v) is 16.9. The van der Waals surface area contributed by atoms with Crippen LogP contribution in [0.4, 0.5) is 5.69 Å². The molecule has 1 aliphatic rings. The Labute approximate surface area is 162 Å². The Morgan fingerprint density at radius 3 is 2.81 bits per heavy atom. The minimum absolute atomic E-state index is 0.0799. The summed E-state index contributed by atoms with van der Waals surface area (Å²) in [5.41, 5.74) is 1.73. The molecule has 5 nitrogen and oxygen atoms in total. The van der Waals surface area contributed by atoms with Crippen molar-refractivity contribution in [2.45, 2.75) is 45.1 Å². The standard InChI is InChI=1S/C19H25N3O2S2/c1-13-20-16-9-8-14(10-17(16)26-13)21-18(23)11-25-12-19(24)22(2)15-6-4-3-5-7-15/h8-10,15H,3-7,11-12H2,1-2H3,(H,21,23). The number of aryl methyl sites for hydroxylation is 1. The first kappa shape index (κ1) is 19.2. The molecule has 1 aromatic carbocycles. The molecule has 1 aliphatic carbocycles. The fourth-order valence-electron chi connectivity index (χ4n) is 3.32. The summed E-state index contributed by atoms with van der Waals surface area (Å²) < 4.78 is 1.07. The van der Waals surface area contributed by atoms with E-state index in [-0.39, 0.29) is 17.6 Å². The first-order valence-corrected chi connectivity index (χ1v) is 11.0. The van der Waals surface area contributed by atoms with E-state index in [4.69, 9.17) is 0 Å². The molecule has 26 heavy (non-hydrogen) atoms. The van der Waals surface area contributed by atoms with Crippen molar-refractivity contribution in [2.24, 2.45) is 0 Å². The van der Waals surface area contributed by atoms with Crippen LogP contribution in [-0.4, -0.2) is 46.3 Å². The Bertz CT molecular complexity index is 784. The highest BCUT2D eigenvalue weighted by atomic mass is 32.2. The van der Waals surface area contributed by atoms with Gasteiger partial charge >= 0.3 is 0 Å². The molecule has 3 rings (SSSR count). The predicted molar refractivity (Wildman–Crippen MR) is 110 cm³/mol. The maximum atomic E-state index is 12.3. The Hall–Kier alpha value is -1.60. The number of aromatic nitrogens is 1. The van der Waals surface area contributed by atoms with E-state index in [2.05, 4.69) is 10.3 Å². The number of amides is 2. The molecule has 1 N–H and O–H groups in total. The molecule has 7 heteroatoms. The van der Waals surface area contributed by atoms with Crippen LogP contribution >= 0.6 is 23.1 Å². The number of nitrogens with one attached hydrogen (secondary N) is 1. The van der Waals surface area contributed by atoms with Crippen LogP contribution in [-0.2, 0) is 9.59 Å². The molecule has 140 valence electrons. The number of anilines is 1. The van der Waals surface area contributed by atoms with Crippen LogP contribution in [0.2, 0.25) is 0 Å². The number of fused-ring (bicyclic) bond motifs is 1. The van der Waals surface area contributed by atoms with Crippen LogP contribution < -0.4 is 5.32 Å². The zero-order valence-electron chi connectivity index (χ0n) is 15.3. The quantitative estimate of drug-likeness (QED) is 0.806. The number of thioether (sulfide) groups is 1. The number of benzene rings is 1. The van der Waals surface area contributed by atoms with Gasteiger partial charge in [0, 0.05) is 18.8 Å². The van der Waals surface area contributed by atoms with Gasteiger partial charge in [0.15, 0.2) is 0 Å². The predicted octanol–water partition coefficient (Wildman–Crippen LogP) is 4.07. The number of carbonyl (C=O) groups excluding carboxylic acids is 2. The van der Waals surface area contributed by atoms with Crippen LogP contribution in [0.25, 0.3) is 10.2 Å². The van der Waals surface area contributed by atoms with Crippen molar-refractivity contribution in [3.05, 3.63) is 23.2 Å². The lowest BCUT2D eigenvalue weighted by atomic mass is 9.94. The summed E-state index contributed by atoms with van der Waals surface area (Å²) in [6.45, 7) is 1.97. The number of hydrogen-bond acceptors (Lipinski definition) is 5. The smallest absolute Gasteiger partial charge is 0.234 e. The van der Waals surface area contributed by atoms with Crippen molar-refractivity contribution >= 4 is 50.8 Å². The highest BCUT2D eigenvalue weighted by Crippen LogP contribution is 2.25. The van der Waals surface area contributed by atoms with Gasteiger partial charge in [0.1, 0.15) is 0 Å². The minimum Gasteiger partial charge on any atom is -0.342 e. The largest absolute Gasteiger partial charge is 0.342 e. The molecule has 1 saturated carbocycles. The van der Waals surface area contributed by atoms with Crippen LogP contribution in [0.5, 0.6) is 0 Å². The Morgan fingerprint density at radius 2 is 2.04 bits per heavy atom. The molecule has 1 fully saturated rings. The summed E-state index contributed by atoms with van der Waals surface area (Å²) in [5, 5.41) is 3.92.